The fraction of sp³-hybridized carbons (Fsp3) is 0.304. The number of nitrogens with zero attached hydrogens (tertiary/aromatic N) is 5. The number of rotatable bonds is 2. The van der Waals surface area contributed by atoms with Crippen molar-refractivity contribution in [3.8, 4) is 11.4 Å². The molecule has 0 fully saturated rings. The Balaban J connectivity index is 1.81. The molecule has 1 amide bonds. The van der Waals surface area contributed by atoms with Gasteiger partial charge in [-0.15, -0.1) is 0 Å². The predicted molar refractivity (Wildman–Crippen MR) is 119 cm³/mol. The summed E-state index contributed by atoms with van der Waals surface area (Å²) in [6.07, 6.45) is 6.22. The van der Waals surface area contributed by atoms with Crippen molar-refractivity contribution in [2.24, 2.45) is 7.05 Å². The fourth-order valence-electron chi connectivity index (χ4n) is 4.25. The maximum Gasteiger partial charge on any atom is 0.272 e. The fourth-order valence-corrected chi connectivity index (χ4v) is 4.42. The lowest BCUT2D eigenvalue weighted by Crippen LogP contribution is -2.23. The summed E-state index contributed by atoms with van der Waals surface area (Å²) in [7, 11) is 5.41. The second kappa shape index (κ2) is 7.06. The molecule has 0 saturated heterocycles. The van der Waals surface area contributed by atoms with Gasteiger partial charge in [-0.1, -0.05) is 17.7 Å². The monoisotopic (exact) mass is 419 g/mol. The van der Waals surface area contributed by atoms with Gasteiger partial charge in [0.05, 0.1) is 10.9 Å². The minimum atomic E-state index is -0.156. The molecule has 0 bridgehead atoms. The summed E-state index contributed by atoms with van der Waals surface area (Å²) < 4.78 is 1.97. The summed E-state index contributed by atoms with van der Waals surface area (Å²) in [6.45, 7) is 0. The Morgan fingerprint density at radius 3 is 2.73 bits per heavy atom. The highest BCUT2D eigenvalue weighted by Gasteiger charge is 2.23. The average molecular weight is 420 g/mol. The van der Waals surface area contributed by atoms with Crippen LogP contribution in [-0.2, 0) is 19.9 Å². The minimum Gasteiger partial charge on any atom is -0.343 e. The zero-order valence-corrected chi connectivity index (χ0v) is 18.0. The molecule has 30 heavy (non-hydrogen) atoms. The van der Waals surface area contributed by atoms with E-state index in [-0.39, 0.29) is 5.91 Å². The Bertz CT molecular complexity index is 1320. The predicted octanol–water partition coefficient (Wildman–Crippen LogP) is 4.42. The number of aromatic nitrogens is 4. The molecule has 0 radical (unpaired) electrons. The van der Waals surface area contributed by atoms with Crippen LogP contribution >= 0.6 is 11.6 Å². The van der Waals surface area contributed by atoms with Crippen molar-refractivity contribution in [2.75, 3.05) is 14.1 Å². The number of hydrogen-bond donors (Lipinski definition) is 0. The molecule has 5 rings (SSSR count). The molecule has 0 atom stereocenters. The van der Waals surface area contributed by atoms with Gasteiger partial charge in [-0.2, -0.15) is 0 Å². The molecule has 0 spiro atoms. The van der Waals surface area contributed by atoms with E-state index in [1.54, 1.807) is 19.0 Å². The van der Waals surface area contributed by atoms with Crippen LogP contribution in [0.1, 0.15) is 34.6 Å². The molecular formula is C23H22ClN5O. The Kier molecular flexibility index (Phi) is 4.47. The first-order valence-electron chi connectivity index (χ1n) is 10.1. The van der Waals surface area contributed by atoms with Crippen molar-refractivity contribution >= 4 is 39.4 Å². The van der Waals surface area contributed by atoms with Crippen LogP contribution in [-0.4, -0.2) is 44.4 Å². The summed E-state index contributed by atoms with van der Waals surface area (Å²) in [5.41, 5.74) is 5.28. The van der Waals surface area contributed by atoms with Gasteiger partial charge in [-0.05, 0) is 49.4 Å². The molecule has 6 nitrogen and oxygen atoms in total. The van der Waals surface area contributed by atoms with Crippen LogP contribution in [0.25, 0.3) is 33.3 Å². The molecule has 152 valence electrons. The van der Waals surface area contributed by atoms with Crippen LogP contribution in [0.4, 0.5) is 0 Å². The van der Waals surface area contributed by atoms with Gasteiger partial charge in [-0.25, -0.2) is 9.97 Å². The quantitative estimate of drug-likeness (QED) is 0.482. The molecule has 1 aromatic carbocycles. The van der Waals surface area contributed by atoms with E-state index in [1.807, 2.05) is 36.0 Å². The van der Waals surface area contributed by atoms with Crippen molar-refractivity contribution in [2.45, 2.75) is 25.7 Å². The summed E-state index contributed by atoms with van der Waals surface area (Å²) >= 11 is 6.23. The topological polar surface area (TPSA) is 63.9 Å². The molecule has 4 aromatic rings. The SMILES string of the molecule is CN(C)C(=O)c1nc(-c2cnc3c(c2)CCCC3)nc2c1c1ccc(Cl)cc1n2C. The van der Waals surface area contributed by atoms with Crippen molar-refractivity contribution in [3.63, 3.8) is 0 Å². The number of carbonyl (C=O) groups excluding carboxylic acids is 1. The number of aryl methyl sites for hydroxylation is 3. The maximum absolute atomic E-state index is 13.1. The molecule has 3 heterocycles. The molecule has 0 unspecified atom stereocenters. The lowest BCUT2D eigenvalue weighted by Gasteiger charge is -2.16. The molecule has 1 aliphatic carbocycles. The van der Waals surface area contributed by atoms with Gasteiger partial charge in [0, 0.05) is 49.0 Å². The van der Waals surface area contributed by atoms with E-state index in [0.29, 0.717) is 22.2 Å². The van der Waals surface area contributed by atoms with Gasteiger partial charge in [0.25, 0.3) is 5.91 Å². The molecular weight excluding hydrogens is 398 g/mol. The van der Waals surface area contributed by atoms with Gasteiger partial charge in [-0.3, -0.25) is 9.78 Å². The van der Waals surface area contributed by atoms with Gasteiger partial charge in [0.1, 0.15) is 11.3 Å². The maximum atomic E-state index is 13.1. The molecule has 7 heteroatoms. The van der Waals surface area contributed by atoms with Crippen LogP contribution in [0.3, 0.4) is 0 Å². The number of fused-ring (bicyclic) bond motifs is 4. The smallest absolute Gasteiger partial charge is 0.272 e. The number of amides is 1. The average Bonchev–Trinajstić information content (AvgIpc) is 3.03. The summed E-state index contributed by atoms with van der Waals surface area (Å²) in [5.74, 6) is 0.364. The second-order valence-corrected chi connectivity index (χ2v) is 8.49. The third kappa shape index (κ3) is 2.94. The highest BCUT2D eigenvalue weighted by Crippen LogP contribution is 2.33. The number of carbonyl (C=O) groups is 1. The summed E-state index contributed by atoms with van der Waals surface area (Å²) in [4.78, 5) is 28.9. The lowest BCUT2D eigenvalue weighted by molar-refractivity contribution is 0.0824. The lowest BCUT2D eigenvalue weighted by atomic mass is 9.95. The third-order valence-electron chi connectivity index (χ3n) is 5.83. The van der Waals surface area contributed by atoms with Crippen LogP contribution in [0, 0.1) is 0 Å². The van der Waals surface area contributed by atoms with Crippen molar-refractivity contribution in [3.05, 3.63) is 52.4 Å². The third-order valence-corrected chi connectivity index (χ3v) is 6.07. The number of halogens is 1. The highest BCUT2D eigenvalue weighted by molar-refractivity contribution is 6.31. The van der Waals surface area contributed by atoms with Gasteiger partial charge < -0.3 is 9.47 Å². The Morgan fingerprint density at radius 1 is 1.13 bits per heavy atom. The van der Waals surface area contributed by atoms with E-state index >= 15 is 0 Å². The van der Waals surface area contributed by atoms with Gasteiger partial charge >= 0.3 is 0 Å². The van der Waals surface area contributed by atoms with E-state index in [0.717, 1.165) is 40.4 Å². The van der Waals surface area contributed by atoms with Crippen molar-refractivity contribution in [1.29, 1.82) is 0 Å². The zero-order valence-electron chi connectivity index (χ0n) is 17.2. The van der Waals surface area contributed by atoms with Crippen molar-refractivity contribution in [1.82, 2.24) is 24.4 Å². The van der Waals surface area contributed by atoms with Gasteiger partial charge in [0.15, 0.2) is 5.82 Å². The Morgan fingerprint density at radius 2 is 1.93 bits per heavy atom. The van der Waals surface area contributed by atoms with Crippen LogP contribution < -0.4 is 0 Å². The second-order valence-electron chi connectivity index (χ2n) is 8.05. The Hall–Kier alpha value is -2.99. The van der Waals surface area contributed by atoms with E-state index in [4.69, 9.17) is 21.6 Å². The van der Waals surface area contributed by atoms with Crippen LogP contribution in [0.2, 0.25) is 5.02 Å². The molecule has 1 aliphatic rings. The molecule has 3 aromatic heterocycles. The van der Waals surface area contributed by atoms with E-state index in [2.05, 4.69) is 11.1 Å². The first-order chi connectivity index (χ1) is 14.4. The first-order valence-corrected chi connectivity index (χ1v) is 10.5. The zero-order chi connectivity index (χ0) is 21.0. The van der Waals surface area contributed by atoms with E-state index in [1.165, 1.54) is 18.4 Å². The number of hydrogen-bond acceptors (Lipinski definition) is 4. The molecule has 0 N–H and O–H groups in total. The molecule has 0 saturated carbocycles. The first kappa shape index (κ1) is 19.0. The minimum absolute atomic E-state index is 0.156. The van der Waals surface area contributed by atoms with E-state index < -0.39 is 0 Å². The van der Waals surface area contributed by atoms with Crippen molar-refractivity contribution < 1.29 is 4.79 Å². The largest absolute Gasteiger partial charge is 0.343 e. The summed E-state index contributed by atoms with van der Waals surface area (Å²) in [5, 5.41) is 2.30. The normalized spacial score (nSPS) is 13.6. The number of benzene rings is 1. The van der Waals surface area contributed by atoms with Crippen LogP contribution in [0.15, 0.2) is 30.5 Å². The molecule has 0 aliphatic heterocycles. The van der Waals surface area contributed by atoms with E-state index in [9.17, 15) is 4.79 Å². The summed E-state index contributed by atoms with van der Waals surface area (Å²) in [6, 6.07) is 7.78. The standard InChI is InChI=1S/C23H22ClN5O/c1-28(2)23(30)20-19-16-9-8-15(24)11-18(16)29(3)22(19)27-21(26-20)14-10-13-6-4-5-7-17(13)25-12-14/h8-12H,4-7H2,1-3H3. The van der Waals surface area contributed by atoms with Crippen LogP contribution in [0.5, 0.6) is 0 Å². The number of pyridine rings is 1. The highest BCUT2D eigenvalue weighted by atomic mass is 35.5. The van der Waals surface area contributed by atoms with Gasteiger partial charge in [0.2, 0.25) is 0 Å². The Labute approximate surface area is 179 Å².